The van der Waals surface area contributed by atoms with Crippen LogP contribution in [0, 0.1) is 0 Å². The molecule has 238 valence electrons. The minimum atomic E-state index is -4.02. The molecular weight excluding hydrogens is 640 g/mol. The number of anilines is 3. The molecule has 2 amide bonds. The summed E-state index contributed by atoms with van der Waals surface area (Å²) in [7, 11) is 1.38. The molecule has 0 unspecified atom stereocenters. The Morgan fingerprint density at radius 3 is 2.24 bits per heavy atom. The molecule has 4 aliphatic heterocycles. The van der Waals surface area contributed by atoms with E-state index in [2.05, 4.69) is 39.5 Å². The summed E-state index contributed by atoms with van der Waals surface area (Å²) >= 11 is 1.27. The molecule has 0 saturated carbocycles. The highest BCUT2D eigenvalue weighted by Crippen LogP contribution is 2.46. The summed E-state index contributed by atoms with van der Waals surface area (Å²) in [4.78, 5) is 34.1. The lowest BCUT2D eigenvalue weighted by molar-refractivity contribution is -0.287. The molecular formula is C29H20F4N4O8S. The highest BCUT2D eigenvalue weighted by molar-refractivity contribution is 7.22. The van der Waals surface area contributed by atoms with Crippen LogP contribution in [-0.4, -0.2) is 61.8 Å². The van der Waals surface area contributed by atoms with Gasteiger partial charge in [-0.2, -0.15) is 0 Å². The second kappa shape index (κ2) is 9.73. The Bertz CT molecular complexity index is 1960. The van der Waals surface area contributed by atoms with Gasteiger partial charge in [0.1, 0.15) is 16.9 Å². The zero-order valence-corrected chi connectivity index (χ0v) is 24.3. The monoisotopic (exact) mass is 660 g/mol. The number of benzene rings is 3. The van der Waals surface area contributed by atoms with Crippen LogP contribution in [0.15, 0.2) is 42.5 Å². The number of methoxy groups -OCH3 is 1. The lowest BCUT2D eigenvalue weighted by atomic mass is 9.87. The first kappa shape index (κ1) is 28.4. The van der Waals surface area contributed by atoms with E-state index in [9.17, 15) is 27.2 Å². The van der Waals surface area contributed by atoms with Crippen molar-refractivity contribution in [2.75, 3.05) is 42.3 Å². The Labute approximate surface area is 259 Å². The van der Waals surface area contributed by atoms with Crippen LogP contribution in [0.1, 0.15) is 27.1 Å². The molecule has 46 heavy (non-hydrogen) atoms. The zero-order chi connectivity index (χ0) is 32.0. The number of carbonyl (C=O) groups excluding carboxylic acids is 2. The second-order valence-electron chi connectivity index (χ2n) is 10.9. The van der Waals surface area contributed by atoms with E-state index >= 15 is 0 Å². The van der Waals surface area contributed by atoms with E-state index in [1.807, 2.05) is 0 Å². The Kier molecular flexibility index (Phi) is 6.02. The van der Waals surface area contributed by atoms with Crippen LogP contribution in [0.2, 0.25) is 0 Å². The van der Waals surface area contributed by atoms with E-state index in [-0.39, 0.29) is 45.4 Å². The number of thiazole rings is 1. The van der Waals surface area contributed by atoms with Crippen LogP contribution in [0.25, 0.3) is 10.2 Å². The molecule has 0 bridgehead atoms. The summed E-state index contributed by atoms with van der Waals surface area (Å²) in [5, 5.41) is 5.77. The first-order valence-corrected chi connectivity index (χ1v) is 14.5. The maximum atomic E-state index is 14.0. The van der Waals surface area contributed by atoms with Gasteiger partial charge in [0.25, 0.3) is 11.8 Å². The standard InChI is InChI=1S/C29H20F4N4O8S/c1-40-18-5-3-15-23(46-26(36-15)37-11-27(12-37)6-7-41-27)22(18)25(39)35-16-10-21-20(44-29(32,33)45-21)9-14(16)24(38)34-13-2-4-17-19(8-13)43-28(30,31)42-17/h2-5,8-10H,6-7,11-12H2,1H3,(H,34,38)(H,35,39). The number of aromatic nitrogens is 1. The van der Waals surface area contributed by atoms with Crippen molar-refractivity contribution in [2.45, 2.75) is 24.6 Å². The Balaban J connectivity index is 1.12. The number of ether oxygens (including phenoxy) is 6. The third-order valence-electron chi connectivity index (χ3n) is 7.84. The highest BCUT2D eigenvalue weighted by atomic mass is 32.1. The minimum Gasteiger partial charge on any atom is -0.496 e. The summed E-state index contributed by atoms with van der Waals surface area (Å²) in [5.41, 5.74) is -0.0319. The number of nitrogens with one attached hydrogen (secondary N) is 2. The number of amides is 2. The average Bonchev–Trinajstić information content (AvgIpc) is 3.59. The molecule has 2 saturated heterocycles. The van der Waals surface area contributed by atoms with Crippen molar-refractivity contribution in [3.63, 3.8) is 0 Å². The number of hydrogen-bond acceptors (Lipinski definition) is 11. The smallest absolute Gasteiger partial charge is 0.496 e. The maximum Gasteiger partial charge on any atom is 0.586 e. The number of alkyl halides is 4. The predicted molar refractivity (Wildman–Crippen MR) is 153 cm³/mol. The van der Waals surface area contributed by atoms with Crippen molar-refractivity contribution in [1.82, 2.24) is 4.98 Å². The lowest BCUT2D eigenvalue weighted by Crippen LogP contribution is -2.68. The summed E-state index contributed by atoms with van der Waals surface area (Å²) in [6.07, 6.45) is -6.93. The maximum absolute atomic E-state index is 14.0. The molecule has 2 N–H and O–H groups in total. The molecule has 0 aliphatic carbocycles. The fourth-order valence-electron chi connectivity index (χ4n) is 5.60. The average molecular weight is 661 g/mol. The number of carbonyl (C=O) groups is 2. The van der Waals surface area contributed by atoms with Crippen molar-refractivity contribution in [3.05, 3.63) is 53.6 Å². The van der Waals surface area contributed by atoms with Gasteiger partial charge in [-0.15, -0.1) is 17.6 Å². The van der Waals surface area contributed by atoms with E-state index in [1.165, 1.54) is 24.5 Å². The third-order valence-corrected chi connectivity index (χ3v) is 8.99. The van der Waals surface area contributed by atoms with Gasteiger partial charge in [-0.1, -0.05) is 11.3 Å². The van der Waals surface area contributed by atoms with Crippen molar-refractivity contribution >= 4 is 49.9 Å². The molecule has 4 aromatic rings. The molecule has 2 fully saturated rings. The van der Waals surface area contributed by atoms with Gasteiger partial charge < -0.3 is 44.0 Å². The van der Waals surface area contributed by atoms with Gasteiger partial charge in [0.05, 0.1) is 48.3 Å². The number of rotatable bonds is 6. The van der Waals surface area contributed by atoms with E-state index in [4.69, 9.17) is 9.47 Å². The molecule has 3 aromatic carbocycles. The number of hydrogen-bond donors (Lipinski definition) is 2. The van der Waals surface area contributed by atoms with Crippen LogP contribution in [0.4, 0.5) is 34.1 Å². The molecule has 0 atom stereocenters. The quantitative estimate of drug-likeness (QED) is 0.258. The number of nitrogens with zero attached hydrogens (tertiary/aromatic N) is 2. The largest absolute Gasteiger partial charge is 0.586 e. The first-order valence-electron chi connectivity index (χ1n) is 13.7. The summed E-state index contributed by atoms with van der Waals surface area (Å²) in [6.45, 7) is 2.08. The fourth-order valence-corrected chi connectivity index (χ4v) is 6.70. The van der Waals surface area contributed by atoms with Gasteiger partial charge in [-0.3, -0.25) is 9.59 Å². The van der Waals surface area contributed by atoms with Crippen LogP contribution in [0.5, 0.6) is 28.7 Å². The lowest BCUT2D eigenvalue weighted by Gasteiger charge is -2.55. The normalized spacial score (nSPS) is 19.0. The van der Waals surface area contributed by atoms with Crippen molar-refractivity contribution in [1.29, 1.82) is 0 Å². The highest BCUT2D eigenvalue weighted by Gasteiger charge is 2.50. The van der Waals surface area contributed by atoms with Crippen LogP contribution < -0.4 is 39.2 Å². The van der Waals surface area contributed by atoms with Crippen molar-refractivity contribution < 1.29 is 55.6 Å². The Hall–Kier alpha value is -5.03. The van der Waals surface area contributed by atoms with Gasteiger partial charge in [0, 0.05) is 24.2 Å². The molecule has 5 heterocycles. The van der Waals surface area contributed by atoms with Crippen molar-refractivity contribution in [3.8, 4) is 28.7 Å². The Morgan fingerprint density at radius 2 is 1.57 bits per heavy atom. The van der Waals surface area contributed by atoms with Crippen LogP contribution in [0.3, 0.4) is 0 Å². The zero-order valence-electron chi connectivity index (χ0n) is 23.5. The van der Waals surface area contributed by atoms with Crippen molar-refractivity contribution in [2.24, 2.45) is 0 Å². The van der Waals surface area contributed by atoms with Crippen LogP contribution in [-0.2, 0) is 4.74 Å². The molecule has 1 aromatic heterocycles. The number of halogens is 4. The van der Waals surface area contributed by atoms with Gasteiger partial charge in [0.15, 0.2) is 28.1 Å². The van der Waals surface area contributed by atoms with E-state index in [0.717, 1.165) is 37.3 Å². The SMILES string of the molecule is COc1ccc2nc(N3CC4(CCO4)C3)sc2c1C(=O)Nc1cc2c(cc1C(=O)Nc1ccc3c(c1)OC(F)(F)O3)OC(F)(F)O2. The predicted octanol–water partition coefficient (Wildman–Crippen LogP) is 5.43. The summed E-state index contributed by atoms with van der Waals surface area (Å²) < 4.78 is 84.4. The second-order valence-corrected chi connectivity index (χ2v) is 11.9. The fraction of sp³-hybridized carbons (Fsp3) is 0.276. The molecule has 1 spiro atoms. The first-order chi connectivity index (χ1) is 21.9. The number of fused-ring (bicyclic) bond motifs is 3. The van der Waals surface area contributed by atoms with E-state index in [0.29, 0.717) is 28.4 Å². The molecule has 12 nitrogen and oxygen atoms in total. The Morgan fingerprint density at radius 1 is 0.891 bits per heavy atom. The topological polar surface area (TPSA) is 130 Å². The molecule has 8 rings (SSSR count). The van der Waals surface area contributed by atoms with E-state index in [1.54, 1.807) is 12.1 Å². The molecule has 0 radical (unpaired) electrons. The van der Waals surface area contributed by atoms with E-state index < -0.39 is 35.9 Å². The minimum absolute atomic E-state index is 0.00836. The van der Waals surface area contributed by atoms with Gasteiger partial charge in [0.2, 0.25) is 0 Å². The van der Waals surface area contributed by atoms with Gasteiger partial charge in [-0.25, -0.2) is 4.98 Å². The summed E-state index contributed by atoms with van der Waals surface area (Å²) in [5.74, 6) is -2.91. The third kappa shape index (κ3) is 4.73. The molecule has 17 heteroatoms. The molecule has 4 aliphatic rings. The van der Waals surface area contributed by atoms with Gasteiger partial charge in [-0.05, 0) is 30.3 Å². The van der Waals surface area contributed by atoms with Gasteiger partial charge >= 0.3 is 12.6 Å². The van der Waals surface area contributed by atoms with Crippen LogP contribution >= 0.6 is 11.3 Å². The summed E-state index contributed by atoms with van der Waals surface area (Å²) in [6, 6.07) is 8.79.